The lowest BCUT2D eigenvalue weighted by molar-refractivity contribution is 0.0697. The zero-order valence-electron chi connectivity index (χ0n) is 11.1. The van der Waals surface area contributed by atoms with Crippen LogP contribution in [0.15, 0.2) is 18.2 Å². The predicted octanol–water partition coefficient (Wildman–Crippen LogP) is 1.88. The van der Waals surface area contributed by atoms with Gasteiger partial charge >= 0.3 is 5.97 Å². The smallest absolute Gasteiger partial charge is 0.335 e. The molecule has 1 saturated heterocycles. The number of hydrogen-bond donors (Lipinski definition) is 3. The molecule has 19 heavy (non-hydrogen) atoms. The van der Waals surface area contributed by atoms with E-state index in [9.17, 15) is 4.79 Å². The highest BCUT2D eigenvalue weighted by atomic mass is 16.5. The van der Waals surface area contributed by atoms with E-state index >= 15 is 0 Å². The van der Waals surface area contributed by atoms with Crippen LogP contribution in [-0.2, 0) is 0 Å². The number of nitrogen functional groups attached to an aromatic ring is 1. The van der Waals surface area contributed by atoms with Gasteiger partial charge in [0.25, 0.3) is 0 Å². The fraction of sp³-hybridized carbons (Fsp3) is 0.500. The molecule has 1 aromatic rings. The van der Waals surface area contributed by atoms with E-state index in [4.69, 9.17) is 15.6 Å². The van der Waals surface area contributed by atoms with Crippen LogP contribution in [-0.4, -0.2) is 29.8 Å². The van der Waals surface area contributed by atoms with Crippen LogP contribution < -0.4 is 15.8 Å². The van der Waals surface area contributed by atoms with Crippen molar-refractivity contribution in [1.82, 2.24) is 5.32 Å². The molecule has 0 radical (unpaired) electrons. The van der Waals surface area contributed by atoms with E-state index in [-0.39, 0.29) is 11.7 Å². The molecule has 1 aromatic carbocycles. The molecule has 1 aliphatic rings. The van der Waals surface area contributed by atoms with Gasteiger partial charge in [-0.25, -0.2) is 4.79 Å². The average Bonchev–Trinajstić information content (AvgIpc) is 2.41. The van der Waals surface area contributed by atoms with Crippen LogP contribution in [0, 0.1) is 0 Å². The van der Waals surface area contributed by atoms with Crippen molar-refractivity contribution in [2.75, 3.05) is 12.3 Å². The van der Waals surface area contributed by atoms with Crippen molar-refractivity contribution in [3.05, 3.63) is 23.8 Å². The van der Waals surface area contributed by atoms with Gasteiger partial charge in [-0.3, -0.25) is 0 Å². The average molecular weight is 264 g/mol. The number of piperidine rings is 1. The Morgan fingerprint density at radius 3 is 2.89 bits per heavy atom. The fourth-order valence-corrected chi connectivity index (χ4v) is 2.35. The summed E-state index contributed by atoms with van der Waals surface area (Å²) in [5.41, 5.74) is 6.37. The summed E-state index contributed by atoms with van der Waals surface area (Å²) in [6.45, 7) is 3.03. The Hall–Kier alpha value is -1.75. The highest BCUT2D eigenvalue weighted by Crippen LogP contribution is 2.25. The van der Waals surface area contributed by atoms with Crippen LogP contribution >= 0.6 is 0 Å². The lowest BCUT2D eigenvalue weighted by Crippen LogP contribution is -2.44. The highest BCUT2D eigenvalue weighted by molar-refractivity contribution is 5.89. The number of aromatic carboxylic acids is 1. The van der Waals surface area contributed by atoms with Gasteiger partial charge in [-0.1, -0.05) is 6.42 Å². The van der Waals surface area contributed by atoms with Crippen LogP contribution in [0.2, 0.25) is 0 Å². The Labute approximate surface area is 112 Å². The Morgan fingerprint density at radius 1 is 1.53 bits per heavy atom. The molecular weight excluding hydrogens is 244 g/mol. The number of hydrogen-bond acceptors (Lipinski definition) is 4. The van der Waals surface area contributed by atoms with Crippen LogP contribution in [0.1, 0.15) is 36.5 Å². The molecule has 104 valence electrons. The van der Waals surface area contributed by atoms with E-state index in [0.29, 0.717) is 17.5 Å². The zero-order valence-corrected chi connectivity index (χ0v) is 11.1. The first-order chi connectivity index (χ1) is 9.08. The number of carboxylic acid groups (broad SMARTS) is 1. The number of rotatable bonds is 4. The normalized spacial score (nSPS) is 20.8. The van der Waals surface area contributed by atoms with Crippen molar-refractivity contribution in [3.8, 4) is 5.75 Å². The first-order valence-electron chi connectivity index (χ1n) is 6.61. The van der Waals surface area contributed by atoms with Crippen LogP contribution in [0.3, 0.4) is 0 Å². The van der Waals surface area contributed by atoms with Crippen LogP contribution in [0.5, 0.6) is 5.75 Å². The molecule has 0 aromatic heterocycles. The largest absolute Gasteiger partial charge is 0.487 e. The first-order valence-corrected chi connectivity index (χ1v) is 6.61. The van der Waals surface area contributed by atoms with Gasteiger partial charge < -0.3 is 20.9 Å². The van der Waals surface area contributed by atoms with Gasteiger partial charge in [-0.2, -0.15) is 0 Å². The van der Waals surface area contributed by atoms with E-state index in [1.165, 1.54) is 25.0 Å². The van der Waals surface area contributed by atoms with Gasteiger partial charge in [0.05, 0.1) is 11.3 Å². The molecule has 2 unspecified atom stereocenters. The maximum atomic E-state index is 10.8. The number of ether oxygens (including phenoxy) is 1. The molecule has 5 nitrogen and oxygen atoms in total. The third-order valence-electron chi connectivity index (χ3n) is 3.48. The number of carbonyl (C=O) groups is 1. The fourth-order valence-electron chi connectivity index (χ4n) is 2.35. The zero-order chi connectivity index (χ0) is 13.8. The Bertz CT molecular complexity index is 456. The molecule has 0 amide bonds. The van der Waals surface area contributed by atoms with Gasteiger partial charge in [0.2, 0.25) is 0 Å². The summed E-state index contributed by atoms with van der Waals surface area (Å²) in [4.78, 5) is 10.8. The van der Waals surface area contributed by atoms with E-state index in [1.807, 2.05) is 6.92 Å². The standard InChI is InChI=1S/C14H20N2O3/c1-9(12-4-2-3-7-16-12)19-13-6-5-10(14(17)18)8-11(13)15/h5-6,8-9,12,16H,2-4,7,15H2,1H3,(H,17,18). The van der Waals surface area contributed by atoms with Crippen molar-refractivity contribution in [2.45, 2.75) is 38.3 Å². The molecule has 1 heterocycles. The maximum Gasteiger partial charge on any atom is 0.335 e. The minimum absolute atomic E-state index is 0.0123. The maximum absolute atomic E-state index is 10.8. The molecule has 1 fully saturated rings. The Balaban J connectivity index is 2.03. The van der Waals surface area contributed by atoms with E-state index in [0.717, 1.165) is 13.0 Å². The molecule has 0 bridgehead atoms. The third kappa shape index (κ3) is 3.38. The lowest BCUT2D eigenvalue weighted by Gasteiger charge is -2.29. The summed E-state index contributed by atoms with van der Waals surface area (Å²) in [7, 11) is 0. The van der Waals surface area contributed by atoms with E-state index in [2.05, 4.69) is 5.32 Å². The summed E-state index contributed by atoms with van der Waals surface area (Å²) >= 11 is 0. The summed E-state index contributed by atoms with van der Waals surface area (Å²) in [5.74, 6) is -0.440. The van der Waals surface area contributed by atoms with Gasteiger partial charge in [-0.15, -0.1) is 0 Å². The lowest BCUT2D eigenvalue weighted by atomic mass is 10.0. The van der Waals surface area contributed by atoms with Gasteiger partial charge in [0.1, 0.15) is 11.9 Å². The second-order valence-electron chi connectivity index (χ2n) is 4.94. The monoisotopic (exact) mass is 264 g/mol. The molecule has 0 spiro atoms. The molecule has 4 N–H and O–H groups in total. The summed E-state index contributed by atoms with van der Waals surface area (Å²) in [5, 5.41) is 12.3. The molecule has 5 heteroatoms. The topological polar surface area (TPSA) is 84.6 Å². The van der Waals surface area contributed by atoms with Crippen molar-refractivity contribution in [1.29, 1.82) is 0 Å². The summed E-state index contributed by atoms with van der Waals surface area (Å²) in [6.07, 6.45) is 3.52. The SMILES string of the molecule is CC(Oc1ccc(C(=O)O)cc1N)C1CCCCN1. The van der Waals surface area contributed by atoms with Crippen LogP contribution in [0.25, 0.3) is 0 Å². The summed E-state index contributed by atoms with van der Waals surface area (Å²) < 4.78 is 5.84. The van der Waals surface area contributed by atoms with Crippen molar-refractivity contribution in [3.63, 3.8) is 0 Å². The highest BCUT2D eigenvalue weighted by Gasteiger charge is 2.21. The second kappa shape index (κ2) is 5.93. The van der Waals surface area contributed by atoms with E-state index in [1.54, 1.807) is 6.07 Å². The quantitative estimate of drug-likeness (QED) is 0.723. The van der Waals surface area contributed by atoms with Gasteiger partial charge in [0.15, 0.2) is 0 Å². The van der Waals surface area contributed by atoms with Gasteiger partial charge in [-0.05, 0) is 44.5 Å². The third-order valence-corrected chi connectivity index (χ3v) is 3.48. The number of anilines is 1. The minimum Gasteiger partial charge on any atom is -0.487 e. The van der Waals surface area contributed by atoms with E-state index < -0.39 is 5.97 Å². The Morgan fingerprint density at radius 2 is 2.32 bits per heavy atom. The molecule has 2 atom stereocenters. The number of nitrogens with two attached hydrogens (primary N) is 1. The summed E-state index contributed by atoms with van der Waals surface area (Å²) in [6, 6.07) is 4.89. The number of carboxylic acids is 1. The number of benzene rings is 1. The van der Waals surface area contributed by atoms with Crippen molar-refractivity contribution < 1.29 is 14.6 Å². The Kier molecular flexibility index (Phi) is 4.27. The molecular formula is C14H20N2O3. The molecule has 2 rings (SSSR count). The second-order valence-corrected chi connectivity index (χ2v) is 4.94. The first kappa shape index (κ1) is 13.7. The molecule has 1 aliphatic heterocycles. The van der Waals surface area contributed by atoms with Gasteiger partial charge in [0, 0.05) is 6.04 Å². The molecule has 0 saturated carbocycles. The number of nitrogens with one attached hydrogen (secondary N) is 1. The van der Waals surface area contributed by atoms with Crippen molar-refractivity contribution in [2.24, 2.45) is 0 Å². The van der Waals surface area contributed by atoms with Crippen LogP contribution in [0.4, 0.5) is 5.69 Å². The van der Waals surface area contributed by atoms with Crippen molar-refractivity contribution >= 4 is 11.7 Å². The predicted molar refractivity (Wildman–Crippen MR) is 73.5 cm³/mol. The minimum atomic E-state index is -0.986. The molecule has 0 aliphatic carbocycles.